The van der Waals surface area contributed by atoms with Crippen LogP contribution in [0.2, 0.25) is 0 Å². The molecule has 0 aliphatic rings. The zero-order valence-corrected chi connectivity index (χ0v) is 10.9. The van der Waals surface area contributed by atoms with E-state index in [1.807, 2.05) is 0 Å². The molecule has 0 aliphatic carbocycles. The van der Waals surface area contributed by atoms with Gasteiger partial charge in [-0.05, 0) is 12.1 Å². The van der Waals surface area contributed by atoms with Crippen molar-refractivity contribution < 1.29 is 8.42 Å². The van der Waals surface area contributed by atoms with Crippen LogP contribution in [0.1, 0.15) is 0 Å². The van der Waals surface area contributed by atoms with E-state index in [0.29, 0.717) is 11.5 Å². The maximum absolute atomic E-state index is 11.5. The zero-order valence-electron chi connectivity index (χ0n) is 8.49. The molecule has 17 heavy (non-hydrogen) atoms. The lowest BCUT2D eigenvalue weighted by Gasteiger charge is -2.09. The normalized spacial score (nSPS) is 11.4. The van der Waals surface area contributed by atoms with Crippen LogP contribution in [-0.4, -0.2) is 32.8 Å². The van der Waals surface area contributed by atoms with Crippen LogP contribution in [0.4, 0.5) is 5.69 Å². The fraction of sp³-hybridized carbons (Fsp3) is 0.125. The zero-order chi connectivity index (χ0) is 12.3. The van der Waals surface area contributed by atoms with Gasteiger partial charge in [0.2, 0.25) is 10.0 Å². The van der Waals surface area contributed by atoms with E-state index in [-0.39, 0.29) is 4.66 Å². The Bertz CT molecular complexity index is 598. The molecule has 0 atom stereocenters. The average molecular weight is 318 g/mol. The van der Waals surface area contributed by atoms with Crippen LogP contribution in [-0.2, 0) is 10.0 Å². The molecule has 7 nitrogen and oxygen atoms in total. The Morgan fingerprint density at radius 3 is 2.94 bits per heavy atom. The minimum absolute atomic E-state index is 0.189. The highest BCUT2D eigenvalue weighted by Crippen LogP contribution is 2.17. The number of pyridine rings is 1. The largest absolute Gasteiger partial charge is 0.279 e. The van der Waals surface area contributed by atoms with Gasteiger partial charge >= 0.3 is 0 Å². The Morgan fingerprint density at radius 1 is 1.47 bits per heavy atom. The number of rotatable bonds is 4. The molecule has 0 aliphatic heterocycles. The van der Waals surface area contributed by atoms with Gasteiger partial charge in [0.25, 0.3) is 0 Å². The molecular weight excluding hydrogens is 310 g/mol. The minimum atomic E-state index is -3.42. The highest BCUT2D eigenvalue weighted by molar-refractivity contribution is 9.10. The smallest absolute Gasteiger partial charge is 0.242 e. The van der Waals surface area contributed by atoms with E-state index in [2.05, 4.69) is 35.7 Å². The Balaban J connectivity index is 2.42. The summed E-state index contributed by atoms with van der Waals surface area (Å²) in [5.41, 5.74) is 0.345. The number of aromatic nitrogens is 4. The molecule has 0 spiro atoms. The summed E-state index contributed by atoms with van der Waals surface area (Å²) in [4.78, 5) is 7.84. The Kier molecular flexibility index (Phi) is 3.38. The van der Waals surface area contributed by atoms with Gasteiger partial charge in [0, 0.05) is 6.20 Å². The quantitative estimate of drug-likeness (QED) is 0.841. The van der Waals surface area contributed by atoms with Gasteiger partial charge in [-0.25, -0.2) is 23.1 Å². The van der Waals surface area contributed by atoms with Crippen LogP contribution in [0, 0.1) is 0 Å². The highest BCUT2D eigenvalue weighted by atomic mass is 79.9. The third kappa shape index (κ3) is 2.80. The first-order chi connectivity index (χ1) is 8.12. The molecule has 0 radical (unpaired) electrons. The number of nitrogens with one attached hydrogen (secondary N) is 1. The van der Waals surface area contributed by atoms with Gasteiger partial charge in [-0.1, -0.05) is 15.9 Å². The fourth-order valence-electron chi connectivity index (χ4n) is 1.17. The maximum Gasteiger partial charge on any atom is 0.242 e. The molecule has 0 bridgehead atoms. The van der Waals surface area contributed by atoms with Gasteiger partial charge in [0.05, 0.1) is 5.69 Å². The molecule has 0 aromatic carbocycles. The van der Waals surface area contributed by atoms with Crippen LogP contribution in [0.5, 0.6) is 0 Å². The van der Waals surface area contributed by atoms with Crippen LogP contribution >= 0.6 is 15.9 Å². The van der Waals surface area contributed by atoms with Crippen LogP contribution in [0.3, 0.4) is 0 Å². The minimum Gasteiger partial charge on any atom is -0.279 e. The molecule has 0 fully saturated rings. The lowest BCUT2D eigenvalue weighted by atomic mass is 10.4. The van der Waals surface area contributed by atoms with E-state index >= 15 is 0 Å². The van der Waals surface area contributed by atoms with Gasteiger partial charge in [-0.15, -0.1) is 0 Å². The molecular formula is C8H8BrN5O2S. The highest BCUT2D eigenvalue weighted by Gasteiger charge is 2.13. The number of hydrogen-bond donors (Lipinski definition) is 1. The second-order valence-electron chi connectivity index (χ2n) is 3.04. The predicted octanol–water partition coefficient (Wildman–Crippen LogP) is 0.756. The molecule has 2 aromatic heterocycles. The van der Waals surface area contributed by atoms with Gasteiger partial charge in [-0.3, -0.25) is 4.72 Å². The van der Waals surface area contributed by atoms with Gasteiger partial charge in [0.15, 0.2) is 5.82 Å². The van der Waals surface area contributed by atoms with Crippen molar-refractivity contribution in [2.45, 2.75) is 0 Å². The van der Waals surface area contributed by atoms with Gasteiger partial charge in [-0.2, -0.15) is 5.10 Å². The topological polar surface area (TPSA) is 89.8 Å². The van der Waals surface area contributed by atoms with E-state index in [4.69, 9.17) is 0 Å². The van der Waals surface area contributed by atoms with Crippen LogP contribution in [0.15, 0.2) is 31.0 Å². The first kappa shape index (κ1) is 12.0. The van der Waals surface area contributed by atoms with Gasteiger partial charge < -0.3 is 0 Å². The third-order valence-corrected chi connectivity index (χ3v) is 4.46. The van der Waals surface area contributed by atoms with Crippen molar-refractivity contribution in [2.24, 2.45) is 0 Å². The van der Waals surface area contributed by atoms with E-state index in [1.54, 1.807) is 18.3 Å². The lowest BCUT2D eigenvalue weighted by molar-refractivity contribution is 0.606. The summed E-state index contributed by atoms with van der Waals surface area (Å²) in [7, 11) is -3.42. The summed E-state index contributed by atoms with van der Waals surface area (Å²) in [6.07, 6.45) is 4.33. The number of halogens is 1. The Hall–Kier alpha value is -1.48. The second-order valence-corrected chi connectivity index (χ2v) is 6.07. The average Bonchev–Trinajstić information content (AvgIpc) is 2.83. The first-order valence-electron chi connectivity index (χ1n) is 4.49. The van der Waals surface area contributed by atoms with Crippen LogP contribution in [0.25, 0.3) is 5.82 Å². The molecule has 0 saturated carbocycles. The Labute approximate surface area is 106 Å². The van der Waals surface area contributed by atoms with E-state index in [1.165, 1.54) is 17.3 Å². The van der Waals surface area contributed by atoms with Crippen molar-refractivity contribution in [1.82, 2.24) is 19.7 Å². The molecule has 9 heteroatoms. The van der Waals surface area contributed by atoms with Crippen molar-refractivity contribution in [2.75, 3.05) is 9.38 Å². The second kappa shape index (κ2) is 4.80. The standard InChI is InChI=1S/C8H8BrN5O2S/c9-4-17(15,16)13-7-2-1-3-11-8(7)14-6-10-5-12-14/h1-3,5-6,13H,4H2. The summed E-state index contributed by atoms with van der Waals surface area (Å²) >= 11 is 2.90. The molecule has 1 N–H and O–H groups in total. The predicted molar refractivity (Wildman–Crippen MR) is 65.5 cm³/mol. The molecule has 0 saturated heterocycles. The first-order valence-corrected chi connectivity index (χ1v) is 7.26. The van der Waals surface area contributed by atoms with Crippen molar-refractivity contribution in [3.8, 4) is 5.82 Å². The van der Waals surface area contributed by atoms with E-state index in [0.717, 1.165) is 0 Å². The lowest BCUT2D eigenvalue weighted by Crippen LogP contribution is -2.15. The summed E-state index contributed by atoms with van der Waals surface area (Å²) in [5, 5.41) is 3.90. The molecule has 2 rings (SSSR count). The van der Waals surface area contributed by atoms with E-state index < -0.39 is 10.0 Å². The molecule has 0 amide bonds. The van der Waals surface area contributed by atoms with Crippen molar-refractivity contribution in [1.29, 1.82) is 0 Å². The number of hydrogen-bond acceptors (Lipinski definition) is 5. The third-order valence-electron chi connectivity index (χ3n) is 1.83. The van der Waals surface area contributed by atoms with Crippen molar-refractivity contribution in [3.63, 3.8) is 0 Å². The van der Waals surface area contributed by atoms with Gasteiger partial charge in [0.1, 0.15) is 17.3 Å². The molecule has 2 aromatic rings. The number of nitrogens with zero attached hydrogens (tertiary/aromatic N) is 4. The number of sulfonamides is 1. The molecule has 90 valence electrons. The summed E-state index contributed by atoms with van der Waals surface area (Å²) in [6.45, 7) is 0. The summed E-state index contributed by atoms with van der Waals surface area (Å²) < 4.78 is 26.5. The Morgan fingerprint density at radius 2 is 2.29 bits per heavy atom. The summed E-state index contributed by atoms with van der Waals surface area (Å²) in [6, 6.07) is 3.23. The van der Waals surface area contributed by atoms with Crippen molar-refractivity contribution >= 4 is 31.6 Å². The fourth-order valence-corrected chi connectivity index (χ4v) is 2.06. The van der Waals surface area contributed by atoms with Crippen LogP contribution < -0.4 is 4.72 Å². The number of anilines is 1. The van der Waals surface area contributed by atoms with E-state index in [9.17, 15) is 8.42 Å². The number of alkyl halides is 1. The summed E-state index contributed by atoms with van der Waals surface area (Å²) in [5.74, 6) is 0.370. The molecule has 2 heterocycles. The monoisotopic (exact) mass is 317 g/mol. The maximum atomic E-state index is 11.5. The SMILES string of the molecule is O=S(=O)(CBr)Nc1cccnc1-n1cncn1. The molecule has 0 unspecified atom stereocenters. The van der Waals surface area contributed by atoms with Crippen molar-refractivity contribution in [3.05, 3.63) is 31.0 Å².